The predicted octanol–water partition coefficient (Wildman–Crippen LogP) is 6.78. The molecule has 2 aliphatic rings. The van der Waals surface area contributed by atoms with Crippen LogP contribution >= 0.6 is 7.92 Å². The maximum absolute atomic E-state index is 13.2. The average Bonchev–Trinajstić information content (AvgIpc) is 2.63. The van der Waals surface area contributed by atoms with Gasteiger partial charge in [-0.15, -0.1) is 0 Å². The molecule has 0 N–H and O–H groups in total. The molecule has 0 aliphatic heterocycles. The number of halogens is 3. The molecular formula is C21H26BF3P. The molecule has 1 aromatic carbocycles. The molecule has 3 radical (unpaired) electrons. The van der Waals surface area contributed by atoms with Gasteiger partial charge in [-0.3, -0.25) is 0 Å². The number of alkyl halides is 3. The molecule has 0 spiro atoms. The molecule has 0 unspecified atom stereocenters. The lowest BCUT2D eigenvalue weighted by atomic mass is 9.99. The largest absolute Gasteiger partial charge is 0.417 e. The fraction of sp³-hybridized carbons (Fsp3) is 0.619. The summed E-state index contributed by atoms with van der Waals surface area (Å²) in [6.07, 6.45) is 8.19. The Morgan fingerprint density at radius 1 is 0.808 bits per heavy atom. The second-order valence-electron chi connectivity index (χ2n) is 7.27. The minimum Gasteiger partial charge on any atom is -0.166 e. The molecule has 0 nitrogen and oxygen atoms in total. The van der Waals surface area contributed by atoms with E-state index < -0.39 is 19.7 Å². The Bertz CT molecular complexity index is 602. The molecule has 26 heavy (non-hydrogen) atoms. The zero-order valence-electron chi connectivity index (χ0n) is 15.2. The van der Waals surface area contributed by atoms with Crippen molar-refractivity contribution >= 4 is 16.3 Å². The van der Waals surface area contributed by atoms with Gasteiger partial charge in [0.05, 0.1) is 5.56 Å². The molecule has 0 heterocycles. The SMILES string of the molecule is FC(F)(F)c1ccccc1C#CP(C1CCCCC1)C1CCCCC1.[B]. The minimum atomic E-state index is -4.33. The summed E-state index contributed by atoms with van der Waals surface area (Å²) in [5.74, 6) is 2.97. The normalized spacial score (nSPS) is 19.5. The van der Waals surface area contributed by atoms with E-state index in [-0.39, 0.29) is 14.0 Å². The van der Waals surface area contributed by atoms with Crippen LogP contribution in [-0.2, 0) is 6.18 Å². The molecule has 1 aromatic rings. The highest BCUT2D eigenvalue weighted by molar-refractivity contribution is 7.64. The van der Waals surface area contributed by atoms with Gasteiger partial charge in [0.25, 0.3) is 0 Å². The fourth-order valence-corrected chi connectivity index (χ4v) is 7.22. The lowest BCUT2D eigenvalue weighted by Crippen LogP contribution is -2.19. The molecule has 2 fully saturated rings. The molecule has 3 rings (SSSR count). The van der Waals surface area contributed by atoms with Crippen LogP contribution in [0.1, 0.15) is 75.3 Å². The van der Waals surface area contributed by atoms with Crippen molar-refractivity contribution in [2.24, 2.45) is 0 Å². The van der Waals surface area contributed by atoms with E-state index in [0.29, 0.717) is 11.3 Å². The summed E-state index contributed by atoms with van der Waals surface area (Å²) in [4.78, 5) is 0. The second-order valence-corrected chi connectivity index (χ2v) is 9.77. The quantitative estimate of drug-likeness (QED) is 0.303. The highest BCUT2D eigenvalue weighted by Crippen LogP contribution is 2.55. The van der Waals surface area contributed by atoms with Crippen LogP contribution in [0.4, 0.5) is 13.2 Å². The zero-order chi connectivity index (χ0) is 17.7. The summed E-state index contributed by atoms with van der Waals surface area (Å²) in [7, 11) is -0.497. The Morgan fingerprint density at radius 2 is 1.31 bits per heavy atom. The highest BCUT2D eigenvalue weighted by atomic mass is 31.1. The van der Waals surface area contributed by atoms with Crippen LogP contribution in [0.25, 0.3) is 0 Å². The Morgan fingerprint density at radius 3 is 1.81 bits per heavy atom. The smallest absolute Gasteiger partial charge is 0.166 e. The number of rotatable bonds is 2. The Labute approximate surface area is 158 Å². The standard InChI is InChI=1S/C21H26F3P.B/c22-21(23,24)20-14-8-7-9-17(20)15-16-25(18-10-3-1-4-11-18)19-12-5-2-6-13-19;/h7-9,14,18-19H,1-6,10-13H2;. The van der Waals surface area contributed by atoms with E-state index in [1.54, 1.807) is 6.07 Å². The van der Waals surface area contributed by atoms with E-state index in [1.807, 2.05) is 0 Å². The van der Waals surface area contributed by atoms with Crippen LogP contribution in [0.15, 0.2) is 24.3 Å². The third-order valence-corrected chi connectivity index (χ3v) is 8.46. The monoisotopic (exact) mass is 377 g/mol. The van der Waals surface area contributed by atoms with Gasteiger partial charge in [0, 0.05) is 14.0 Å². The van der Waals surface area contributed by atoms with Crippen LogP contribution in [0.5, 0.6) is 0 Å². The van der Waals surface area contributed by atoms with Gasteiger partial charge in [-0.1, -0.05) is 62.2 Å². The molecule has 5 heteroatoms. The first-order valence-electron chi connectivity index (χ1n) is 9.52. The summed E-state index contributed by atoms with van der Waals surface area (Å²) in [6.45, 7) is 0. The van der Waals surface area contributed by atoms with Crippen molar-refractivity contribution in [1.82, 2.24) is 0 Å². The molecule has 0 atom stereocenters. The molecule has 0 saturated heterocycles. The van der Waals surface area contributed by atoms with Gasteiger partial charge in [0.2, 0.25) is 0 Å². The number of benzene rings is 1. The van der Waals surface area contributed by atoms with Gasteiger partial charge >= 0.3 is 6.18 Å². The lowest BCUT2D eigenvalue weighted by molar-refractivity contribution is -0.137. The van der Waals surface area contributed by atoms with Crippen molar-refractivity contribution < 1.29 is 13.2 Å². The Kier molecular flexibility index (Phi) is 8.09. The topological polar surface area (TPSA) is 0 Å². The third kappa shape index (κ3) is 5.53. The molecule has 2 aliphatic carbocycles. The lowest BCUT2D eigenvalue weighted by Gasteiger charge is -2.35. The second kappa shape index (κ2) is 9.84. The number of hydrogen-bond acceptors (Lipinski definition) is 0. The first-order valence-corrected chi connectivity index (χ1v) is 11.0. The van der Waals surface area contributed by atoms with Crippen LogP contribution in [0.2, 0.25) is 0 Å². The average molecular weight is 377 g/mol. The fourth-order valence-electron chi connectivity index (χ4n) is 4.16. The van der Waals surface area contributed by atoms with E-state index in [4.69, 9.17) is 0 Å². The highest BCUT2D eigenvalue weighted by Gasteiger charge is 2.33. The van der Waals surface area contributed by atoms with Crippen molar-refractivity contribution in [3.63, 3.8) is 0 Å². The predicted molar refractivity (Wildman–Crippen MR) is 105 cm³/mol. The van der Waals surface area contributed by atoms with Crippen LogP contribution < -0.4 is 0 Å². The van der Waals surface area contributed by atoms with Gasteiger partial charge in [0.15, 0.2) is 0 Å². The Hall–Kier alpha value is -0.935. The maximum Gasteiger partial charge on any atom is 0.417 e. The van der Waals surface area contributed by atoms with Gasteiger partial charge in [-0.2, -0.15) is 13.2 Å². The Balaban J connectivity index is 0.00000243. The molecule has 0 aromatic heterocycles. The van der Waals surface area contributed by atoms with Crippen LogP contribution in [0, 0.1) is 11.6 Å². The molecular weight excluding hydrogens is 351 g/mol. The van der Waals surface area contributed by atoms with Crippen LogP contribution in [0.3, 0.4) is 0 Å². The van der Waals surface area contributed by atoms with Gasteiger partial charge in [-0.25, -0.2) is 0 Å². The maximum atomic E-state index is 13.2. The van der Waals surface area contributed by atoms with Crippen molar-refractivity contribution in [2.75, 3.05) is 0 Å². The summed E-state index contributed by atoms with van der Waals surface area (Å²) >= 11 is 0. The van der Waals surface area contributed by atoms with E-state index >= 15 is 0 Å². The summed E-state index contributed by atoms with van der Waals surface area (Å²) < 4.78 is 39.7. The number of hydrogen-bond donors (Lipinski definition) is 0. The van der Waals surface area contributed by atoms with E-state index in [0.717, 1.165) is 6.07 Å². The van der Waals surface area contributed by atoms with E-state index in [1.165, 1.54) is 76.3 Å². The molecule has 0 bridgehead atoms. The van der Waals surface area contributed by atoms with Gasteiger partial charge in [0.1, 0.15) is 0 Å². The van der Waals surface area contributed by atoms with Crippen molar-refractivity contribution in [3.05, 3.63) is 35.4 Å². The van der Waals surface area contributed by atoms with E-state index in [2.05, 4.69) is 11.6 Å². The van der Waals surface area contributed by atoms with Gasteiger partial charge < -0.3 is 0 Å². The third-order valence-electron chi connectivity index (χ3n) is 5.49. The van der Waals surface area contributed by atoms with Crippen LogP contribution in [-0.4, -0.2) is 19.7 Å². The first-order chi connectivity index (χ1) is 12.1. The molecule has 139 valence electrons. The zero-order valence-corrected chi connectivity index (χ0v) is 16.1. The summed E-state index contributed by atoms with van der Waals surface area (Å²) in [6, 6.07) is 5.76. The molecule has 0 amide bonds. The molecule has 2 saturated carbocycles. The van der Waals surface area contributed by atoms with Crippen molar-refractivity contribution in [2.45, 2.75) is 81.7 Å². The van der Waals surface area contributed by atoms with Crippen molar-refractivity contribution in [3.8, 4) is 11.6 Å². The summed E-state index contributed by atoms with van der Waals surface area (Å²) in [5.41, 5.74) is 4.23. The summed E-state index contributed by atoms with van der Waals surface area (Å²) in [5, 5.41) is 0. The van der Waals surface area contributed by atoms with Crippen molar-refractivity contribution in [1.29, 1.82) is 0 Å². The minimum absolute atomic E-state index is 0. The van der Waals surface area contributed by atoms with Gasteiger partial charge in [-0.05, 0) is 57.1 Å². The van der Waals surface area contributed by atoms with E-state index in [9.17, 15) is 13.2 Å². The first kappa shape index (κ1) is 21.4.